The van der Waals surface area contributed by atoms with E-state index in [0.717, 1.165) is 77.4 Å². The Kier molecular flexibility index (Phi) is 11.2. The SMILES string of the molecule is COC(=O)NC(C(=O)N1C2CC[C@@H](C2)[C@H]1c1ncc(-c2ccc(-c3ccc(-c4cnc([C@@H]5CCCN5C(=O)[C@@H](NC(=O)OC)C(C)C)[nH]4)cc3)cc2)[nH]1)c1ccccc1. The normalized spacial score (nSPS) is 20.7. The molecule has 1 aliphatic carbocycles. The Labute approximate surface area is 343 Å². The molecule has 59 heavy (non-hydrogen) atoms. The molecule has 4 amide bonds. The van der Waals surface area contributed by atoms with Gasteiger partial charge >= 0.3 is 12.2 Å². The first-order valence-electron chi connectivity index (χ1n) is 20.3. The summed E-state index contributed by atoms with van der Waals surface area (Å²) in [6, 6.07) is 23.9. The highest BCUT2D eigenvalue weighted by Crippen LogP contribution is 2.50. The smallest absolute Gasteiger partial charge is 0.407 e. The molecule has 2 aliphatic heterocycles. The lowest BCUT2D eigenvalue weighted by atomic mass is 9.96. The zero-order chi connectivity index (χ0) is 41.2. The van der Waals surface area contributed by atoms with Crippen molar-refractivity contribution in [3.63, 3.8) is 0 Å². The van der Waals surface area contributed by atoms with Gasteiger partial charge in [0.25, 0.3) is 5.91 Å². The quantitative estimate of drug-likeness (QED) is 0.108. The number of carbonyl (C=O) groups is 4. The molecule has 4 heterocycles. The molecular formula is C45H50N8O6. The molecule has 2 aromatic heterocycles. The number of benzene rings is 3. The van der Waals surface area contributed by atoms with Gasteiger partial charge in [0, 0.05) is 12.6 Å². The maximum atomic E-state index is 14.3. The summed E-state index contributed by atoms with van der Waals surface area (Å²) in [5.41, 5.74) is 6.48. The summed E-state index contributed by atoms with van der Waals surface area (Å²) in [4.78, 5) is 72.4. The van der Waals surface area contributed by atoms with Crippen LogP contribution in [0.25, 0.3) is 33.6 Å². The molecule has 5 aromatic rings. The average Bonchev–Trinajstić information content (AvgIpc) is 4.13. The summed E-state index contributed by atoms with van der Waals surface area (Å²) < 4.78 is 9.65. The molecule has 0 radical (unpaired) electrons. The predicted molar refractivity (Wildman–Crippen MR) is 220 cm³/mol. The van der Waals surface area contributed by atoms with E-state index in [1.54, 1.807) is 6.20 Å². The first-order valence-corrected chi connectivity index (χ1v) is 20.3. The van der Waals surface area contributed by atoms with Crippen molar-refractivity contribution in [3.05, 3.63) is 108 Å². The number of rotatable bonds is 11. The Morgan fingerprint density at radius 1 is 0.712 bits per heavy atom. The van der Waals surface area contributed by atoms with Gasteiger partial charge in [-0.1, -0.05) is 92.7 Å². The number of aromatic amines is 2. The third-order valence-electron chi connectivity index (χ3n) is 12.1. The number of imidazole rings is 2. The van der Waals surface area contributed by atoms with E-state index in [2.05, 4.69) is 74.1 Å². The molecule has 6 atom stereocenters. The van der Waals surface area contributed by atoms with Gasteiger partial charge in [0.1, 0.15) is 23.7 Å². The minimum absolute atomic E-state index is 0.0758. The summed E-state index contributed by atoms with van der Waals surface area (Å²) >= 11 is 0. The first-order chi connectivity index (χ1) is 28.6. The second-order valence-electron chi connectivity index (χ2n) is 16.0. The fourth-order valence-electron chi connectivity index (χ4n) is 9.08. The van der Waals surface area contributed by atoms with E-state index in [1.807, 2.05) is 60.2 Å². The van der Waals surface area contributed by atoms with Crippen molar-refractivity contribution < 1.29 is 28.7 Å². The monoisotopic (exact) mass is 798 g/mol. The number of ether oxygens (including phenoxy) is 2. The number of nitrogens with one attached hydrogen (secondary N) is 4. The highest BCUT2D eigenvalue weighted by molar-refractivity contribution is 5.88. The van der Waals surface area contributed by atoms with Crippen LogP contribution in [0.3, 0.4) is 0 Å². The number of amides is 4. The van der Waals surface area contributed by atoms with Gasteiger partial charge in [-0.2, -0.15) is 0 Å². The third kappa shape index (κ3) is 7.91. The third-order valence-corrected chi connectivity index (χ3v) is 12.1. The van der Waals surface area contributed by atoms with E-state index < -0.39 is 24.3 Å². The number of carbonyl (C=O) groups excluding carboxylic acids is 4. The molecule has 8 rings (SSSR count). The average molecular weight is 799 g/mol. The molecular weight excluding hydrogens is 749 g/mol. The Hall–Kier alpha value is -6.44. The van der Waals surface area contributed by atoms with Crippen LogP contribution >= 0.6 is 0 Å². The Morgan fingerprint density at radius 3 is 1.90 bits per heavy atom. The van der Waals surface area contributed by atoms with Gasteiger partial charge in [-0.3, -0.25) is 9.59 Å². The predicted octanol–water partition coefficient (Wildman–Crippen LogP) is 7.33. The zero-order valence-corrected chi connectivity index (χ0v) is 33.7. The standard InChI is InChI=1S/C45H50N8O6/c1-26(2)37(50-44(56)58-3)42(54)52-22-8-11-36(52)40-46-24-34(48-40)29-16-12-27(13-17-29)28-14-18-30(19-15-28)35-25-47-41(49-35)39-32-20-21-33(23-32)53(39)43(55)38(51-45(57)59-4)31-9-6-5-7-10-31/h5-7,9-10,12-19,24-26,32-33,36-39H,8,11,20-23H2,1-4H3,(H,46,48)(H,47,49)(H,50,56)(H,51,57)/t32-,33?,36-,37-,38?,39-/m0/s1. The second kappa shape index (κ2) is 16.8. The lowest BCUT2D eigenvalue weighted by molar-refractivity contribution is -0.138. The lowest BCUT2D eigenvalue weighted by Gasteiger charge is -2.36. The van der Waals surface area contributed by atoms with E-state index in [9.17, 15) is 19.2 Å². The highest BCUT2D eigenvalue weighted by Gasteiger charge is 2.51. The van der Waals surface area contributed by atoms with Crippen molar-refractivity contribution in [2.45, 2.75) is 76.2 Å². The van der Waals surface area contributed by atoms with Crippen LogP contribution in [0.4, 0.5) is 9.59 Å². The summed E-state index contributed by atoms with van der Waals surface area (Å²) in [5.74, 6) is 1.33. The van der Waals surface area contributed by atoms with Crippen molar-refractivity contribution in [2.75, 3.05) is 20.8 Å². The molecule has 2 bridgehead atoms. The number of alkyl carbamates (subject to hydrolysis) is 2. The Morgan fingerprint density at radius 2 is 1.29 bits per heavy atom. The van der Waals surface area contributed by atoms with E-state index in [1.165, 1.54) is 14.2 Å². The van der Waals surface area contributed by atoms with Gasteiger partial charge in [-0.25, -0.2) is 19.6 Å². The first kappa shape index (κ1) is 39.4. The number of piperidine rings is 1. The molecule has 14 heteroatoms. The Bertz CT molecular complexity index is 2290. The summed E-state index contributed by atoms with van der Waals surface area (Å²) in [5, 5.41) is 5.47. The molecule has 0 spiro atoms. The molecule has 4 N–H and O–H groups in total. The Balaban J connectivity index is 0.946. The van der Waals surface area contributed by atoms with Crippen molar-refractivity contribution in [1.29, 1.82) is 0 Å². The lowest BCUT2D eigenvalue weighted by Crippen LogP contribution is -2.51. The van der Waals surface area contributed by atoms with Crippen LogP contribution < -0.4 is 10.6 Å². The molecule has 3 aromatic carbocycles. The summed E-state index contributed by atoms with van der Waals surface area (Å²) in [6.45, 7) is 4.39. The second-order valence-corrected chi connectivity index (χ2v) is 16.0. The molecule has 3 fully saturated rings. The van der Waals surface area contributed by atoms with Gasteiger partial charge in [-0.05, 0) is 71.8 Å². The van der Waals surface area contributed by atoms with Crippen LogP contribution in [0, 0.1) is 11.8 Å². The van der Waals surface area contributed by atoms with Crippen LogP contribution in [-0.4, -0.2) is 86.6 Å². The molecule has 1 saturated carbocycles. The van der Waals surface area contributed by atoms with Gasteiger partial charge < -0.3 is 39.9 Å². The van der Waals surface area contributed by atoms with Gasteiger partial charge in [-0.15, -0.1) is 0 Å². The topological polar surface area (TPSA) is 175 Å². The minimum Gasteiger partial charge on any atom is -0.453 e. The molecule has 14 nitrogen and oxygen atoms in total. The van der Waals surface area contributed by atoms with Crippen LogP contribution in [0.1, 0.15) is 81.3 Å². The number of nitrogens with zero attached hydrogens (tertiary/aromatic N) is 4. The van der Waals surface area contributed by atoms with Crippen molar-refractivity contribution in [2.24, 2.45) is 11.8 Å². The fourth-order valence-corrected chi connectivity index (χ4v) is 9.08. The van der Waals surface area contributed by atoms with Crippen LogP contribution in [0.5, 0.6) is 0 Å². The van der Waals surface area contributed by atoms with Crippen molar-refractivity contribution in [3.8, 4) is 33.6 Å². The number of fused-ring (bicyclic) bond motifs is 2. The number of hydrogen-bond donors (Lipinski definition) is 4. The summed E-state index contributed by atoms with van der Waals surface area (Å²) in [6.07, 6.45) is 6.81. The number of aromatic nitrogens is 4. The van der Waals surface area contributed by atoms with Crippen LogP contribution in [0.2, 0.25) is 0 Å². The van der Waals surface area contributed by atoms with Crippen LogP contribution in [-0.2, 0) is 19.1 Å². The molecule has 3 aliphatic rings. The van der Waals surface area contributed by atoms with Gasteiger partial charge in [0.15, 0.2) is 0 Å². The molecule has 2 saturated heterocycles. The van der Waals surface area contributed by atoms with Gasteiger partial charge in [0.05, 0.1) is 50.1 Å². The van der Waals surface area contributed by atoms with E-state index in [4.69, 9.17) is 14.5 Å². The van der Waals surface area contributed by atoms with E-state index in [0.29, 0.717) is 12.1 Å². The molecule has 306 valence electrons. The van der Waals surface area contributed by atoms with E-state index in [-0.39, 0.29) is 41.8 Å². The number of H-pyrrole nitrogens is 2. The number of hydrogen-bond acceptors (Lipinski definition) is 8. The fraction of sp³-hybridized carbons (Fsp3) is 0.378. The van der Waals surface area contributed by atoms with E-state index >= 15 is 0 Å². The highest BCUT2D eigenvalue weighted by atomic mass is 16.5. The largest absolute Gasteiger partial charge is 0.453 e. The maximum Gasteiger partial charge on any atom is 0.407 e. The zero-order valence-electron chi connectivity index (χ0n) is 33.7. The van der Waals surface area contributed by atoms with Gasteiger partial charge in [0.2, 0.25) is 5.91 Å². The number of likely N-dealkylation sites (tertiary alicyclic amines) is 2. The van der Waals surface area contributed by atoms with Crippen molar-refractivity contribution in [1.82, 2.24) is 40.4 Å². The van der Waals surface area contributed by atoms with Crippen LogP contribution in [0.15, 0.2) is 91.3 Å². The number of methoxy groups -OCH3 is 2. The summed E-state index contributed by atoms with van der Waals surface area (Å²) in [7, 11) is 2.58. The maximum absolute atomic E-state index is 14.3. The minimum atomic E-state index is -0.875. The molecule has 2 unspecified atom stereocenters. The van der Waals surface area contributed by atoms with Crippen molar-refractivity contribution >= 4 is 24.0 Å².